The zero-order valence-electron chi connectivity index (χ0n) is 19.0. The molecule has 6 rings (SSSR count). The summed E-state index contributed by atoms with van der Waals surface area (Å²) in [6.07, 6.45) is 9.11. The first-order valence-corrected chi connectivity index (χ1v) is 12.3. The Kier molecular flexibility index (Phi) is 5.31. The summed E-state index contributed by atoms with van der Waals surface area (Å²) < 4.78 is 0. The van der Waals surface area contributed by atoms with Crippen molar-refractivity contribution in [2.24, 2.45) is 0 Å². The van der Waals surface area contributed by atoms with Crippen LogP contribution >= 0.6 is 11.3 Å². The van der Waals surface area contributed by atoms with Crippen molar-refractivity contribution in [1.82, 2.24) is 35.1 Å². The zero-order chi connectivity index (χ0) is 23.8. The van der Waals surface area contributed by atoms with Gasteiger partial charge in [0.1, 0.15) is 5.69 Å². The van der Waals surface area contributed by atoms with Gasteiger partial charge < -0.3 is 10.3 Å². The molecule has 0 fully saturated rings. The molecule has 0 aliphatic rings. The number of aromatic amines is 2. The number of nitrogens with one attached hydrogen (secondary N) is 3. The van der Waals surface area contributed by atoms with Gasteiger partial charge in [0.2, 0.25) is 0 Å². The predicted molar refractivity (Wildman–Crippen MR) is 141 cm³/mol. The van der Waals surface area contributed by atoms with Crippen molar-refractivity contribution in [2.75, 3.05) is 5.32 Å². The number of fused-ring (bicyclic) bond motifs is 2. The molecule has 9 heteroatoms. The molecule has 8 nitrogen and oxygen atoms in total. The fourth-order valence-corrected chi connectivity index (χ4v) is 4.81. The maximum atomic E-state index is 4.74. The van der Waals surface area contributed by atoms with Crippen LogP contribution in [-0.2, 0) is 0 Å². The number of anilines is 1. The molecule has 172 valence electrons. The monoisotopic (exact) mass is 478 g/mol. The van der Waals surface area contributed by atoms with Crippen molar-refractivity contribution < 1.29 is 0 Å². The Morgan fingerprint density at radius 1 is 1.11 bits per heavy atom. The van der Waals surface area contributed by atoms with Crippen LogP contribution in [0.3, 0.4) is 0 Å². The highest BCUT2D eigenvalue weighted by atomic mass is 32.1. The lowest BCUT2D eigenvalue weighted by Gasteiger charge is -2.09. The third-order valence-electron chi connectivity index (χ3n) is 5.80. The van der Waals surface area contributed by atoms with Crippen LogP contribution in [-0.4, -0.2) is 35.1 Å². The van der Waals surface area contributed by atoms with Crippen LogP contribution in [0.5, 0.6) is 0 Å². The van der Waals surface area contributed by atoms with E-state index in [2.05, 4.69) is 65.8 Å². The minimum absolute atomic E-state index is 0.656. The lowest BCUT2D eigenvalue weighted by atomic mass is 10.1. The molecule has 0 atom stereocenters. The molecular formula is C26H22N8S. The average molecular weight is 479 g/mol. The van der Waals surface area contributed by atoms with Gasteiger partial charge in [-0.15, -0.1) is 0 Å². The Labute approximate surface area is 205 Å². The van der Waals surface area contributed by atoms with Crippen molar-refractivity contribution in [3.8, 4) is 33.9 Å². The maximum absolute atomic E-state index is 4.74. The van der Waals surface area contributed by atoms with Crippen LogP contribution in [0, 0.1) is 0 Å². The number of rotatable bonds is 7. The van der Waals surface area contributed by atoms with Crippen molar-refractivity contribution in [2.45, 2.75) is 19.8 Å². The molecule has 6 aromatic rings. The topological polar surface area (TPSA) is 108 Å². The van der Waals surface area contributed by atoms with Gasteiger partial charge in [0.25, 0.3) is 0 Å². The molecule has 0 radical (unpaired) electrons. The van der Waals surface area contributed by atoms with Gasteiger partial charge in [-0.2, -0.15) is 16.4 Å². The number of pyridine rings is 3. The highest BCUT2D eigenvalue weighted by Gasteiger charge is 2.17. The molecule has 0 saturated carbocycles. The van der Waals surface area contributed by atoms with E-state index in [0.717, 1.165) is 68.7 Å². The molecule has 0 aliphatic heterocycles. The van der Waals surface area contributed by atoms with E-state index < -0.39 is 0 Å². The summed E-state index contributed by atoms with van der Waals surface area (Å²) in [6.45, 7) is 6.21. The number of allylic oxidation sites excluding steroid dienone is 1. The maximum Gasteiger partial charge on any atom is 0.178 e. The van der Waals surface area contributed by atoms with E-state index in [0.29, 0.717) is 11.5 Å². The number of nitrogens with zero attached hydrogens (tertiary/aromatic N) is 5. The Hall–Kier alpha value is -4.37. The molecule has 6 heterocycles. The second-order valence-corrected chi connectivity index (χ2v) is 9.06. The van der Waals surface area contributed by atoms with Crippen molar-refractivity contribution in [3.05, 3.63) is 72.1 Å². The molecule has 35 heavy (non-hydrogen) atoms. The Bertz CT molecular complexity index is 1660. The lowest BCUT2D eigenvalue weighted by Crippen LogP contribution is -1.98. The number of thiophene rings is 1. The minimum Gasteiger partial charge on any atom is -0.358 e. The summed E-state index contributed by atoms with van der Waals surface area (Å²) >= 11 is 1.66. The van der Waals surface area contributed by atoms with E-state index in [1.807, 2.05) is 18.2 Å². The standard InChI is InChI=1S/C26H22N8S/c1-3-4-15(2)30-18-9-17(11-27-12-18)21-10-20-22(13-29-21)33-34-24(20)26-31-23-19(16-6-8-35-14-16)5-7-28-25(23)32-26/h5-14,30H,2-4H2,1H3,(H,33,34)(H,28,31,32). The summed E-state index contributed by atoms with van der Waals surface area (Å²) in [5.41, 5.74) is 8.85. The number of aromatic nitrogens is 7. The van der Waals surface area contributed by atoms with E-state index in [1.54, 1.807) is 36.1 Å². The van der Waals surface area contributed by atoms with Crippen LogP contribution in [0.4, 0.5) is 5.69 Å². The molecule has 0 spiro atoms. The van der Waals surface area contributed by atoms with Gasteiger partial charge in [0.05, 0.1) is 34.8 Å². The van der Waals surface area contributed by atoms with Gasteiger partial charge in [-0.25, -0.2) is 9.97 Å². The van der Waals surface area contributed by atoms with Gasteiger partial charge >= 0.3 is 0 Å². The Morgan fingerprint density at radius 3 is 2.91 bits per heavy atom. The van der Waals surface area contributed by atoms with Gasteiger partial charge in [0.15, 0.2) is 11.5 Å². The fraction of sp³-hybridized carbons (Fsp3) is 0.115. The first-order valence-electron chi connectivity index (χ1n) is 11.3. The number of imidazole rings is 1. The van der Waals surface area contributed by atoms with E-state index in [-0.39, 0.29) is 0 Å². The molecular weight excluding hydrogens is 456 g/mol. The molecule has 0 amide bonds. The fourth-order valence-electron chi connectivity index (χ4n) is 4.15. The second-order valence-electron chi connectivity index (χ2n) is 8.28. The number of hydrogen-bond acceptors (Lipinski definition) is 7. The zero-order valence-corrected chi connectivity index (χ0v) is 19.9. The third-order valence-corrected chi connectivity index (χ3v) is 6.49. The van der Waals surface area contributed by atoms with Gasteiger partial charge in [-0.3, -0.25) is 15.1 Å². The Morgan fingerprint density at radius 2 is 2.06 bits per heavy atom. The Balaban J connectivity index is 1.40. The minimum atomic E-state index is 0.656. The van der Waals surface area contributed by atoms with E-state index in [4.69, 9.17) is 4.98 Å². The summed E-state index contributed by atoms with van der Waals surface area (Å²) in [5.74, 6) is 0.656. The van der Waals surface area contributed by atoms with Crippen molar-refractivity contribution in [1.29, 1.82) is 0 Å². The molecule has 0 bridgehead atoms. The molecule has 3 N–H and O–H groups in total. The van der Waals surface area contributed by atoms with E-state index in [1.165, 1.54) is 0 Å². The third kappa shape index (κ3) is 3.95. The lowest BCUT2D eigenvalue weighted by molar-refractivity contribution is 0.913. The first-order chi connectivity index (χ1) is 17.2. The van der Waals surface area contributed by atoms with Crippen LogP contribution in [0.15, 0.2) is 72.1 Å². The smallest absolute Gasteiger partial charge is 0.178 e. The van der Waals surface area contributed by atoms with Crippen LogP contribution < -0.4 is 5.32 Å². The number of H-pyrrole nitrogens is 2. The average Bonchev–Trinajstić information content (AvgIpc) is 3.63. The highest BCUT2D eigenvalue weighted by molar-refractivity contribution is 7.08. The van der Waals surface area contributed by atoms with Crippen LogP contribution in [0.25, 0.3) is 56.0 Å². The summed E-state index contributed by atoms with van der Waals surface area (Å²) in [4.78, 5) is 21.7. The van der Waals surface area contributed by atoms with Gasteiger partial charge in [-0.05, 0) is 47.0 Å². The normalized spacial score (nSPS) is 11.3. The van der Waals surface area contributed by atoms with Crippen molar-refractivity contribution in [3.63, 3.8) is 0 Å². The predicted octanol–water partition coefficient (Wildman–Crippen LogP) is 6.41. The highest BCUT2D eigenvalue weighted by Crippen LogP contribution is 2.32. The summed E-state index contributed by atoms with van der Waals surface area (Å²) in [6, 6.07) is 8.13. The quantitative estimate of drug-likeness (QED) is 0.245. The second kappa shape index (κ2) is 8.77. The first kappa shape index (κ1) is 21.2. The molecule has 6 aromatic heterocycles. The van der Waals surface area contributed by atoms with Crippen LogP contribution in [0.2, 0.25) is 0 Å². The van der Waals surface area contributed by atoms with Crippen molar-refractivity contribution >= 4 is 39.1 Å². The largest absolute Gasteiger partial charge is 0.358 e. The summed E-state index contributed by atoms with van der Waals surface area (Å²) in [7, 11) is 0. The SMILES string of the molecule is C=C(CCC)Nc1cncc(-c2cc3c(-c4nc5nccc(-c6ccsc6)c5[nH]4)n[nH]c3cn2)c1. The molecule has 0 aromatic carbocycles. The summed E-state index contributed by atoms with van der Waals surface area (Å²) in [5, 5.41) is 16.0. The number of hydrogen-bond donors (Lipinski definition) is 3. The van der Waals surface area contributed by atoms with Crippen LogP contribution in [0.1, 0.15) is 19.8 Å². The van der Waals surface area contributed by atoms with E-state index in [9.17, 15) is 0 Å². The van der Waals surface area contributed by atoms with Gasteiger partial charge in [0, 0.05) is 34.6 Å². The van der Waals surface area contributed by atoms with Gasteiger partial charge in [-0.1, -0.05) is 19.9 Å². The molecule has 0 unspecified atom stereocenters. The van der Waals surface area contributed by atoms with E-state index >= 15 is 0 Å². The molecule has 0 saturated heterocycles. The molecule has 0 aliphatic carbocycles.